The summed E-state index contributed by atoms with van der Waals surface area (Å²) < 4.78 is 22.2. The Morgan fingerprint density at radius 1 is 0.932 bits per heavy atom. The van der Waals surface area contributed by atoms with Gasteiger partial charge in [0, 0.05) is 30.9 Å². The summed E-state index contributed by atoms with van der Waals surface area (Å²) in [5.74, 6) is -0.770. The van der Waals surface area contributed by atoms with Crippen molar-refractivity contribution in [2.24, 2.45) is 0 Å². The van der Waals surface area contributed by atoms with Crippen LogP contribution >= 0.6 is 0 Å². The molecule has 1 aliphatic heterocycles. The first kappa shape index (κ1) is 29.5. The molecule has 228 valence electrons. The molecule has 10 heteroatoms. The number of nitrogens with zero attached hydrogens (tertiary/aromatic N) is 3. The van der Waals surface area contributed by atoms with E-state index in [4.69, 9.17) is 9.84 Å². The van der Waals surface area contributed by atoms with Crippen molar-refractivity contribution in [2.45, 2.75) is 70.0 Å². The summed E-state index contributed by atoms with van der Waals surface area (Å²) in [6, 6.07) is 18.2. The number of nitrogens with one attached hydrogen (secondary N) is 2. The standard InChI is InChI=1S/C34H36FN5O4/c35-25-19-30(34(36-21-25)44-29-6-3-4-24(18-29)23-9-7-22(8-10-23)15-17-41)32(42)37-26-11-13-27(14-12-26)38-33(43)31-20-28-5-1-2-16-40(28)39-31/h3-4,6-10,18-21,26-27,41H,1-2,5,11-17H2,(H,37,42)(H,38,43). The summed E-state index contributed by atoms with van der Waals surface area (Å²) in [4.78, 5) is 30.2. The number of aliphatic hydroxyl groups is 1. The molecule has 2 amide bonds. The maximum Gasteiger partial charge on any atom is 0.272 e. The van der Waals surface area contributed by atoms with Gasteiger partial charge in [-0.05, 0) is 92.3 Å². The Morgan fingerprint density at radius 3 is 2.41 bits per heavy atom. The summed E-state index contributed by atoms with van der Waals surface area (Å²) in [5, 5.41) is 19.7. The maximum absolute atomic E-state index is 14.2. The largest absolute Gasteiger partial charge is 0.438 e. The molecule has 2 aromatic carbocycles. The molecule has 0 radical (unpaired) electrons. The van der Waals surface area contributed by atoms with E-state index in [1.54, 1.807) is 6.07 Å². The van der Waals surface area contributed by atoms with Crippen LogP contribution in [0.5, 0.6) is 11.6 Å². The van der Waals surface area contributed by atoms with E-state index in [2.05, 4.69) is 20.7 Å². The highest BCUT2D eigenvalue weighted by atomic mass is 19.1. The number of benzene rings is 2. The Labute approximate surface area is 255 Å². The Morgan fingerprint density at radius 2 is 1.68 bits per heavy atom. The molecule has 0 bridgehead atoms. The molecule has 4 aromatic rings. The minimum Gasteiger partial charge on any atom is -0.438 e. The third-order valence-electron chi connectivity index (χ3n) is 8.35. The van der Waals surface area contributed by atoms with Crippen molar-refractivity contribution in [1.82, 2.24) is 25.4 Å². The normalized spacial score (nSPS) is 17.9. The molecular weight excluding hydrogens is 561 g/mol. The molecule has 44 heavy (non-hydrogen) atoms. The van der Waals surface area contributed by atoms with Crippen LogP contribution in [0.15, 0.2) is 66.9 Å². The number of aliphatic hydroxyl groups excluding tert-OH is 1. The van der Waals surface area contributed by atoms with Crippen molar-refractivity contribution >= 4 is 11.8 Å². The minimum atomic E-state index is -0.633. The van der Waals surface area contributed by atoms with Gasteiger partial charge in [0.25, 0.3) is 11.8 Å². The smallest absolute Gasteiger partial charge is 0.272 e. The zero-order chi connectivity index (χ0) is 30.5. The fourth-order valence-electron chi connectivity index (χ4n) is 5.95. The Kier molecular flexibility index (Phi) is 8.97. The second kappa shape index (κ2) is 13.4. The van der Waals surface area contributed by atoms with Crippen LogP contribution in [0.2, 0.25) is 0 Å². The zero-order valence-electron chi connectivity index (χ0n) is 24.5. The third kappa shape index (κ3) is 6.97. The van der Waals surface area contributed by atoms with Gasteiger partial charge < -0.3 is 20.5 Å². The summed E-state index contributed by atoms with van der Waals surface area (Å²) in [7, 11) is 0. The van der Waals surface area contributed by atoms with Gasteiger partial charge >= 0.3 is 0 Å². The van der Waals surface area contributed by atoms with Gasteiger partial charge in [-0.25, -0.2) is 9.37 Å². The predicted molar refractivity (Wildman–Crippen MR) is 163 cm³/mol. The summed E-state index contributed by atoms with van der Waals surface area (Å²) in [5.41, 5.74) is 4.51. The quantitative estimate of drug-likeness (QED) is 0.244. The zero-order valence-corrected chi connectivity index (χ0v) is 24.5. The molecule has 1 fully saturated rings. The van der Waals surface area contributed by atoms with E-state index >= 15 is 0 Å². The predicted octanol–water partition coefficient (Wildman–Crippen LogP) is 5.22. The molecule has 0 saturated heterocycles. The number of fused-ring (bicyclic) bond motifs is 1. The second-order valence-corrected chi connectivity index (χ2v) is 11.5. The lowest BCUT2D eigenvalue weighted by Crippen LogP contribution is -2.44. The third-order valence-corrected chi connectivity index (χ3v) is 8.35. The molecule has 6 rings (SSSR count). The number of halogens is 1. The van der Waals surface area contributed by atoms with E-state index in [1.165, 1.54) is 0 Å². The van der Waals surface area contributed by atoms with E-state index in [0.717, 1.165) is 60.5 Å². The average molecular weight is 598 g/mol. The van der Waals surface area contributed by atoms with E-state index in [0.29, 0.717) is 43.5 Å². The maximum atomic E-state index is 14.2. The highest BCUT2D eigenvalue weighted by Crippen LogP contribution is 2.29. The molecule has 3 heterocycles. The number of aromatic nitrogens is 3. The SMILES string of the molecule is O=C(NC1CCC(NC(=O)c2cc(F)cnc2Oc2cccc(-c3ccc(CCO)cc3)c2)CC1)c1cc2n(n1)CCCC2. The van der Waals surface area contributed by atoms with Crippen LogP contribution in [0.3, 0.4) is 0 Å². The Balaban J connectivity index is 1.06. The number of aryl methyl sites for hydroxylation is 2. The lowest BCUT2D eigenvalue weighted by Gasteiger charge is -2.29. The lowest BCUT2D eigenvalue weighted by molar-refractivity contribution is 0.0887. The molecule has 3 N–H and O–H groups in total. The first-order valence-corrected chi connectivity index (χ1v) is 15.3. The van der Waals surface area contributed by atoms with Crippen molar-refractivity contribution in [1.29, 1.82) is 0 Å². The molecule has 2 aromatic heterocycles. The van der Waals surface area contributed by atoms with Crippen LogP contribution in [0.4, 0.5) is 4.39 Å². The number of rotatable bonds is 9. The fourth-order valence-corrected chi connectivity index (χ4v) is 5.95. The number of ether oxygens (including phenoxy) is 1. The van der Waals surface area contributed by atoms with Gasteiger partial charge in [-0.3, -0.25) is 14.3 Å². The molecule has 0 atom stereocenters. The van der Waals surface area contributed by atoms with Gasteiger partial charge in [0.1, 0.15) is 22.8 Å². The van der Waals surface area contributed by atoms with Gasteiger partial charge in [0.2, 0.25) is 5.88 Å². The van der Waals surface area contributed by atoms with Crippen LogP contribution in [-0.4, -0.2) is 50.4 Å². The van der Waals surface area contributed by atoms with Crippen LogP contribution in [0.1, 0.15) is 70.6 Å². The minimum absolute atomic E-state index is 0.00210. The van der Waals surface area contributed by atoms with E-state index < -0.39 is 11.7 Å². The number of carbonyl (C=O) groups is 2. The monoisotopic (exact) mass is 597 g/mol. The summed E-state index contributed by atoms with van der Waals surface area (Å²) >= 11 is 0. The highest BCUT2D eigenvalue weighted by Gasteiger charge is 2.27. The van der Waals surface area contributed by atoms with Gasteiger partial charge in [-0.1, -0.05) is 36.4 Å². The summed E-state index contributed by atoms with van der Waals surface area (Å²) in [6.07, 6.45) is 7.55. The van der Waals surface area contributed by atoms with Crippen molar-refractivity contribution in [3.8, 4) is 22.8 Å². The molecule has 0 unspecified atom stereocenters. The topological polar surface area (TPSA) is 118 Å². The molecule has 1 saturated carbocycles. The lowest BCUT2D eigenvalue weighted by atomic mass is 9.91. The average Bonchev–Trinajstić information content (AvgIpc) is 3.48. The van der Waals surface area contributed by atoms with Crippen LogP contribution in [-0.2, 0) is 19.4 Å². The van der Waals surface area contributed by atoms with Crippen molar-refractivity contribution in [3.05, 3.63) is 95.2 Å². The van der Waals surface area contributed by atoms with Crippen molar-refractivity contribution in [3.63, 3.8) is 0 Å². The van der Waals surface area contributed by atoms with Gasteiger partial charge in [0.15, 0.2) is 0 Å². The van der Waals surface area contributed by atoms with Crippen molar-refractivity contribution < 1.29 is 23.8 Å². The molecule has 9 nitrogen and oxygen atoms in total. The van der Waals surface area contributed by atoms with E-state index in [9.17, 15) is 14.0 Å². The first-order valence-electron chi connectivity index (χ1n) is 15.3. The Hall–Kier alpha value is -4.57. The number of hydrogen-bond acceptors (Lipinski definition) is 6. The first-order chi connectivity index (χ1) is 21.4. The van der Waals surface area contributed by atoms with Gasteiger partial charge in [0.05, 0.1) is 6.20 Å². The second-order valence-electron chi connectivity index (χ2n) is 11.5. The van der Waals surface area contributed by atoms with E-state index in [1.807, 2.05) is 53.2 Å². The van der Waals surface area contributed by atoms with Crippen LogP contribution < -0.4 is 15.4 Å². The number of carbonyl (C=O) groups excluding carboxylic acids is 2. The van der Waals surface area contributed by atoms with Crippen LogP contribution in [0.25, 0.3) is 11.1 Å². The van der Waals surface area contributed by atoms with Crippen LogP contribution in [0, 0.1) is 5.82 Å². The number of hydrogen-bond donors (Lipinski definition) is 3. The highest BCUT2D eigenvalue weighted by molar-refractivity contribution is 5.96. The Bertz CT molecular complexity index is 1610. The molecular formula is C34H36FN5O4. The fraction of sp³-hybridized carbons (Fsp3) is 0.353. The molecule has 1 aliphatic carbocycles. The molecule has 0 spiro atoms. The summed E-state index contributed by atoms with van der Waals surface area (Å²) in [6.45, 7) is 0.950. The number of amides is 2. The molecule has 2 aliphatic rings. The van der Waals surface area contributed by atoms with Gasteiger partial charge in [-0.2, -0.15) is 5.10 Å². The van der Waals surface area contributed by atoms with E-state index in [-0.39, 0.29) is 36.0 Å². The number of pyridine rings is 1. The van der Waals surface area contributed by atoms with Crippen molar-refractivity contribution in [2.75, 3.05) is 6.61 Å². The van der Waals surface area contributed by atoms with Gasteiger partial charge in [-0.15, -0.1) is 0 Å².